The van der Waals surface area contributed by atoms with Crippen LogP contribution in [0, 0.1) is 0 Å². The zero-order valence-electron chi connectivity index (χ0n) is 10.2. The fraction of sp³-hybridized carbons (Fsp3) is 0.286. The Morgan fingerprint density at radius 2 is 1.67 bits per heavy atom. The fourth-order valence-corrected chi connectivity index (χ4v) is 2.15. The molecule has 0 bridgehead atoms. The van der Waals surface area contributed by atoms with Gasteiger partial charge in [0.2, 0.25) is 0 Å². The third-order valence-electron chi connectivity index (χ3n) is 3.16. The summed E-state index contributed by atoms with van der Waals surface area (Å²) < 4.78 is 0. The molecular weight excluding hydrogens is 224 g/mol. The summed E-state index contributed by atoms with van der Waals surface area (Å²) in [5.74, 6) is 0.969. The third-order valence-corrected chi connectivity index (χ3v) is 3.16. The van der Waals surface area contributed by atoms with E-state index in [4.69, 9.17) is 0 Å². The minimum Gasteiger partial charge on any atom is -0.353 e. The lowest BCUT2D eigenvalue weighted by Crippen LogP contribution is -2.43. The lowest BCUT2D eigenvalue weighted by Gasteiger charge is -2.27. The molecule has 3 rings (SSSR count). The van der Waals surface area contributed by atoms with E-state index in [-0.39, 0.29) is 0 Å². The van der Waals surface area contributed by atoms with Crippen molar-refractivity contribution in [2.24, 2.45) is 0 Å². The smallest absolute Gasteiger partial charge is 0.151 e. The molecule has 1 aliphatic rings. The van der Waals surface area contributed by atoms with Crippen molar-refractivity contribution in [1.82, 2.24) is 15.5 Å². The number of aromatic nitrogens is 2. The Morgan fingerprint density at radius 3 is 2.33 bits per heavy atom. The summed E-state index contributed by atoms with van der Waals surface area (Å²) in [6, 6.07) is 14.2. The van der Waals surface area contributed by atoms with E-state index in [0.717, 1.165) is 43.3 Å². The first kappa shape index (κ1) is 11.2. The Kier molecular flexibility index (Phi) is 3.19. The third kappa shape index (κ3) is 2.33. The Hall–Kier alpha value is -1.94. The first-order valence-corrected chi connectivity index (χ1v) is 6.28. The molecule has 92 valence electrons. The molecule has 4 heteroatoms. The van der Waals surface area contributed by atoms with E-state index >= 15 is 0 Å². The average molecular weight is 240 g/mol. The van der Waals surface area contributed by atoms with E-state index in [0.29, 0.717) is 0 Å². The van der Waals surface area contributed by atoms with Crippen molar-refractivity contribution in [3.8, 4) is 11.3 Å². The molecule has 18 heavy (non-hydrogen) atoms. The molecule has 0 saturated carbocycles. The number of hydrogen-bond donors (Lipinski definition) is 1. The van der Waals surface area contributed by atoms with Crippen LogP contribution >= 0.6 is 0 Å². The van der Waals surface area contributed by atoms with E-state index < -0.39 is 0 Å². The molecule has 0 atom stereocenters. The van der Waals surface area contributed by atoms with Crippen molar-refractivity contribution in [2.75, 3.05) is 31.1 Å². The molecule has 1 saturated heterocycles. The molecular formula is C14H16N4. The molecule has 1 aromatic carbocycles. The zero-order chi connectivity index (χ0) is 12.2. The van der Waals surface area contributed by atoms with Crippen molar-refractivity contribution < 1.29 is 0 Å². The second-order valence-electron chi connectivity index (χ2n) is 4.38. The Labute approximate surface area is 107 Å². The summed E-state index contributed by atoms with van der Waals surface area (Å²) >= 11 is 0. The Bertz CT molecular complexity index is 489. The van der Waals surface area contributed by atoms with Crippen molar-refractivity contribution in [3.05, 3.63) is 42.5 Å². The Balaban J connectivity index is 1.80. The largest absolute Gasteiger partial charge is 0.353 e. The van der Waals surface area contributed by atoms with Gasteiger partial charge in [0.15, 0.2) is 5.82 Å². The summed E-state index contributed by atoms with van der Waals surface area (Å²) in [5, 5.41) is 12.0. The quantitative estimate of drug-likeness (QED) is 0.864. The summed E-state index contributed by atoms with van der Waals surface area (Å²) in [4.78, 5) is 2.26. The normalized spacial score (nSPS) is 15.7. The fourth-order valence-electron chi connectivity index (χ4n) is 2.15. The second-order valence-corrected chi connectivity index (χ2v) is 4.38. The minimum absolute atomic E-state index is 0.925. The minimum atomic E-state index is 0.925. The van der Waals surface area contributed by atoms with Gasteiger partial charge < -0.3 is 10.2 Å². The number of benzene rings is 1. The summed E-state index contributed by atoms with van der Waals surface area (Å²) in [6.07, 6.45) is 0. The van der Waals surface area contributed by atoms with Crippen LogP contribution in [0.2, 0.25) is 0 Å². The van der Waals surface area contributed by atoms with Crippen LogP contribution in [0.25, 0.3) is 11.3 Å². The molecule has 1 aliphatic heterocycles. The van der Waals surface area contributed by atoms with Gasteiger partial charge in [-0.2, -0.15) is 0 Å². The van der Waals surface area contributed by atoms with E-state index in [2.05, 4.69) is 38.6 Å². The molecule has 1 aromatic heterocycles. The van der Waals surface area contributed by atoms with Crippen LogP contribution in [0.4, 0.5) is 5.82 Å². The number of nitrogens with one attached hydrogen (secondary N) is 1. The molecule has 4 nitrogen and oxygen atoms in total. The Morgan fingerprint density at radius 1 is 0.889 bits per heavy atom. The second kappa shape index (κ2) is 5.14. The van der Waals surface area contributed by atoms with Crippen LogP contribution in [0.5, 0.6) is 0 Å². The lowest BCUT2D eigenvalue weighted by molar-refractivity contribution is 0.583. The molecule has 0 radical (unpaired) electrons. The molecule has 0 amide bonds. The van der Waals surface area contributed by atoms with Crippen LogP contribution < -0.4 is 10.2 Å². The zero-order valence-corrected chi connectivity index (χ0v) is 10.2. The van der Waals surface area contributed by atoms with Gasteiger partial charge >= 0.3 is 0 Å². The number of piperazine rings is 1. The van der Waals surface area contributed by atoms with Gasteiger partial charge in [-0.15, -0.1) is 10.2 Å². The summed E-state index contributed by atoms with van der Waals surface area (Å²) in [5.41, 5.74) is 2.03. The average Bonchev–Trinajstić information content (AvgIpc) is 2.49. The maximum atomic E-state index is 4.33. The van der Waals surface area contributed by atoms with Gasteiger partial charge in [0.25, 0.3) is 0 Å². The van der Waals surface area contributed by atoms with E-state index in [9.17, 15) is 0 Å². The van der Waals surface area contributed by atoms with Crippen molar-refractivity contribution in [3.63, 3.8) is 0 Å². The predicted octanol–water partition coefficient (Wildman–Crippen LogP) is 1.55. The van der Waals surface area contributed by atoms with Crippen LogP contribution in [0.1, 0.15) is 0 Å². The highest BCUT2D eigenvalue weighted by atomic mass is 15.3. The highest BCUT2D eigenvalue weighted by Gasteiger charge is 2.11. The van der Waals surface area contributed by atoms with Crippen LogP contribution in [0.15, 0.2) is 42.5 Å². The van der Waals surface area contributed by atoms with Gasteiger partial charge in [-0.25, -0.2) is 0 Å². The molecule has 1 fully saturated rings. The molecule has 2 heterocycles. The molecule has 2 aromatic rings. The van der Waals surface area contributed by atoms with Gasteiger partial charge in [0, 0.05) is 31.7 Å². The van der Waals surface area contributed by atoms with Crippen molar-refractivity contribution >= 4 is 5.82 Å². The van der Waals surface area contributed by atoms with E-state index in [1.54, 1.807) is 0 Å². The van der Waals surface area contributed by atoms with E-state index in [1.807, 2.05) is 24.3 Å². The van der Waals surface area contributed by atoms with E-state index in [1.165, 1.54) is 0 Å². The van der Waals surface area contributed by atoms with Gasteiger partial charge in [-0.1, -0.05) is 30.3 Å². The number of nitrogens with zero attached hydrogens (tertiary/aromatic N) is 3. The van der Waals surface area contributed by atoms with Crippen LogP contribution in [-0.2, 0) is 0 Å². The SMILES string of the molecule is c1ccc(-c2ccc(N3CCNCC3)nn2)cc1. The number of anilines is 1. The number of rotatable bonds is 2. The van der Waals surface area contributed by atoms with Gasteiger partial charge in [-0.3, -0.25) is 0 Å². The van der Waals surface area contributed by atoms with Gasteiger partial charge in [-0.05, 0) is 12.1 Å². The lowest BCUT2D eigenvalue weighted by atomic mass is 10.1. The molecule has 0 unspecified atom stereocenters. The van der Waals surface area contributed by atoms with Crippen molar-refractivity contribution in [2.45, 2.75) is 0 Å². The predicted molar refractivity (Wildman–Crippen MR) is 72.6 cm³/mol. The van der Waals surface area contributed by atoms with Gasteiger partial charge in [0.05, 0.1) is 5.69 Å². The van der Waals surface area contributed by atoms with Gasteiger partial charge in [0.1, 0.15) is 0 Å². The summed E-state index contributed by atoms with van der Waals surface area (Å²) in [6.45, 7) is 4.03. The monoisotopic (exact) mass is 240 g/mol. The van der Waals surface area contributed by atoms with Crippen LogP contribution in [-0.4, -0.2) is 36.4 Å². The first-order chi connectivity index (χ1) is 8.93. The maximum absolute atomic E-state index is 4.33. The standard InChI is InChI=1S/C14H16N4/c1-2-4-12(5-3-1)13-6-7-14(17-16-13)18-10-8-15-9-11-18/h1-7,15H,8-11H2. The maximum Gasteiger partial charge on any atom is 0.151 e. The molecule has 1 N–H and O–H groups in total. The highest BCUT2D eigenvalue weighted by molar-refractivity contribution is 5.59. The topological polar surface area (TPSA) is 41.0 Å². The first-order valence-electron chi connectivity index (χ1n) is 6.28. The summed E-state index contributed by atoms with van der Waals surface area (Å²) in [7, 11) is 0. The van der Waals surface area contributed by atoms with Crippen molar-refractivity contribution in [1.29, 1.82) is 0 Å². The molecule has 0 spiro atoms. The number of hydrogen-bond acceptors (Lipinski definition) is 4. The highest BCUT2D eigenvalue weighted by Crippen LogP contribution is 2.18. The molecule has 0 aliphatic carbocycles. The van der Waals surface area contributed by atoms with Crippen LogP contribution in [0.3, 0.4) is 0 Å².